The van der Waals surface area contributed by atoms with E-state index in [9.17, 15) is 9.90 Å². The van der Waals surface area contributed by atoms with Crippen LogP contribution < -0.4 is 10.1 Å². The molecular weight excluding hydrogens is 292 g/mol. The average Bonchev–Trinajstić information content (AvgIpc) is 2.59. The van der Waals surface area contributed by atoms with Crippen LogP contribution in [0.25, 0.3) is 6.08 Å². The lowest BCUT2D eigenvalue weighted by atomic mass is 10.1. The van der Waals surface area contributed by atoms with E-state index in [0.717, 1.165) is 11.3 Å². The summed E-state index contributed by atoms with van der Waals surface area (Å²) in [4.78, 5) is 12.1. The van der Waals surface area contributed by atoms with Crippen molar-refractivity contribution in [2.24, 2.45) is 0 Å². The first-order chi connectivity index (χ1) is 11.1. The Labute approximate surface area is 134 Å². The van der Waals surface area contributed by atoms with E-state index >= 15 is 0 Å². The Morgan fingerprint density at radius 1 is 1.22 bits per heavy atom. The van der Waals surface area contributed by atoms with Gasteiger partial charge in [0.1, 0.15) is 23.1 Å². The number of ether oxygens (including phenoxy) is 1. The quantitative estimate of drug-likeness (QED) is 0.657. The van der Waals surface area contributed by atoms with Crippen LogP contribution in [0.2, 0.25) is 0 Å². The van der Waals surface area contributed by atoms with E-state index in [4.69, 9.17) is 10.00 Å². The maximum absolute atomic E-state index is 12.1. The number of rotatable bonds is 5. The highest BCUT2D eigenvalue weighted by atomic mass is 16.5. The molecule has 0 radical (unpaired) electrons. The van der Waals surface area contributed by atoms with Crippen LogP contribution in [0.5, 0.6) is 11.5 Å². The van der Waals surface area contributed by atoms with Gasteiger partial charge in [-0.05, 0) is 41.5 Å². The van der Waals surface area contributed by atoms with Crippen LogP contribution in [-0.4, -0.2) is 18.1 Å². The van der Waals surface area contributed by atoms with Crippen molar-refractivity contribution in [3.8, 4) is 17.6 Å². The molecule has 2 N–H and O–H groups in total. The summed E-state index contributed by atoms with van der Waals surface area (Å²) in [6, 6.07) is 15.4. The fourth-order valence-corrected chi connectivity index (χ4v) is 1.91. The molecule has 0 fully saturated rings. The van der Waals surface area contributed by atoms with Crippen LogP contribution in [0.1, 0.15) is 11.1 Å². The molecule has 5 nitrogen and oxygen atoms in total. The van der Waals surface area contributed by atoms with Gasteiger partial charge in [-0.3, -0.25) is 4.79 Å². The van der Waals surface area contributed by atoms with Crippen LogP contribution in [0.4, 0.5) is 0 Å². The summed E-state index contributed by atoms with van der Waals surface area (Å²) in [6.07, 6.45) is 1.47. The van der Waals surface area contributed by atoms with Gasteiger partial charge in [-0.2, -0.15) is 5.26 Å². The number of carbonyl (C=O) groups excluding carboxylic acids is 1. The number of carbonyl (C=O) groups is 1. The topological polar surface area (TPSA) is 82.3 Å². The first-order valence-electron chi connectivity index (χ1n) is 6.94. The van der Waals surface area contributed by atoms with E-state index in [0.29, 0.717) is 12.1 Å². The Morgan fingerprint density at radius 2 is 1.87 bits per heavy atom. The minimum Gasteiger partial charge on any atom is -0.508 e. The Bertz CT molecular complexity index is 741. The number of hydrogen-bond acceptors (Lipinski definition) is 4. The molecule has 2 aromatic carbocycles. The summed E-state index contributed by atoms with van der Waals surface area (Å²) in [5.41, 5.74) is 1.57. The minimum absolute atomic E-state index is 0.00389. The zero-order valence-corrected chi connectivity index (χ0v) is 12.6. The molecule has 0 aliphatic heterocycles. The molecule has 0 saturated heterocycles. The van der Waals surface area contributed by atoms with Gasteiger partial charge in [0, 0.05) is 6.54 Å². The summed E-state index contributed by atoms with van der Waals surface area (Å²) in [5.74, 6) is 0.422. The fourth-order valence-electron chi connectivity index (χ4n) is 1.91. The lowest BCUT2D eigenvalue weighted by Gasteiger charge is -2.06. The Kier molecular flexibility index (Phi) is 5.37. The number of amides is 1. The number of aromatic hydroxyl groups is 1. The summed E-state index contributed by atoms with van der Waals surface area (Å²) in [7, 11) is 1.59. The predicted octanol–water partition coefficient (Wildman–Crippen LogP) is 2.62. The van der Waals surface area contributed by atoms with E-state index < -0.39 is 5.91 Å². The lowest BCUT2D eigenvalue weighted by Crippen LogP contribution is -2.23. The minimum atomic E-state index is -0.448. The van der Waals surface area contributed by atoms with Crippen LogP contribution >= 0.6 is 0 Å². The van der Waals surface area contributed by atoms with E-state index in [1.165, 1.54) is 18.2 Å². The number of nitrogens with zero attached hydrogens (tertiary/aromatic N) is 1. The maximum atomic E-state index is 12.1. The third-order valence-corrected chi connectivity index (χ3v) is 3.18. The molecule has 0 saturated carbocycles. The zero-order chi connectivity index (χ0) is 16.7. The number of phenolic OH excluding ortho intramolecular Hbond substituents is 1. The molecule has 0 aliphatic carbocycles. The second kappa shape index (κ2) is 7.66. The van der Waals surface area contributed by atoms with Crippen molar-refractivity contribution in [3.63, 3.8) is 0 Å². The molecular formula is C18H16N2O3. The highest BCUT2D eigenvalue weighted by molar-refractivity contribution is 6.01. The molecule has 1 amide bonds. The maximum Gasteiger partial charge on any atom is 0.262 e. The average molecular weight is 308 g/mol. The molecule has 2 aromatic rings. The molecule has 0 bridgehead atoms. The fraction of sp³-hybridized carbons (Fsp3) is 0.111. The second-order valence-corrected chi connectivity index (χ2v) is 4.79. The monoisotopic (exact) mass is 308 g/mol. The van der Waals surface area contributed by atoms with Gasteiger partial charge in [0.2, 0.25) is 0 Å². The van der Waals surface area contributed by atoms with Gasteiger partial charge in [0.05, 0.1) is 7.11 Å². The Morgan fingerprint density at radius 3 is 2.43 bits per heavy atom. The van der Waals surface area contributed by atoms with Crippen molar-refractivity contribution >= 4 is 12.0 Å². The summed E-state index contributed by atoms with van der Waals surface area (Å²) >= 11 is 0. The molecule has 0 atom stereocenters. The zero-order valence-electron chi connectivity index (χ0n) is 12.6. The van der Waals surface area contributed by atoms with Crippen LogP contribution in [0.15, 0.2) is 54.1 Å². The highest BCUT2D eigenvalue weighted by Crippen LogP contribution is 2.13. The molecule has 116 valence electrons. The van der Waals surface area contributed by atoms with Crippen LogP contribution in [0.3, 0.4) is 0 Å². The van der Waals surface area contributed by atoms with E-state index in [2.05, 4.69) is 5.32 Å². The number of benzene rings is 2. The molecule has 0 heterocycles. The Hall–Kier alpha value is -3.26. The molecule has 0 unspecified atom stereocenters. The van der Waals surface area contributed by atoms with Gasteiger partial charge >= 0.3 is 0 Å². The number of hydrogen-bond donors (Lipinski definition) is 2. The van der Waals surface area contributed by atoms with Gasteiger partial charge in [0.25, 0.3) is 5.91 Å². The lowest BCUT2D eigenvalue weighted by molar-refractivity contribution is -0.117. The molecule has 0 spiro atoms. The highest BCUT2D eigenvalue weighted by Gasteiger charge is 2.08. The van der Waals surface area contributed by atoms with Crippen LogP contribution in [-0.2, 0) is 11.3 Å². The predicted molar refractivity (Wildman–Crippen MR) is 86.5 cm³/mol. The van der Waals surface area contributed by atoms with Gasteiger partial charge in [-0.25, -0.2) is 0 Å². The van der Waals surface area contributed by atoms with Gasteiger partial charge in [0.15, 0.2) is 0 Å². The van der Waals surface area contributed by atoms with Crippen molar-refractivity contribution in [1.82, 2.24) is 5.32 Å². The van der Waals surface area contributed by atoms with Crippen LogP contribution in [0, 0.1) is 11.3 Å². The van der Waals surface area contributed by atoms with Crippen molar-refractivity contribution in [3.05, 3.63) is 65.2 Å². The van der Waals surface area contributed by atoms with Crippen molar-refractivity contribution < 1.29 is 14.6 Å². The molecule has 5 heteroatoms. The van der Waals surface area contributed by atoms with E-state index in [1.54, 1.807) is 31.4 Å². The largest absolute Gasteiger partial charge is 0.508 e. The first-order valence-corrected chi connectivity index (χ1v) is 6.94. The molecule has 23 heavy (non-hydrogen) atoms. The van der Waals surface area contributed by atoms with Crippen molar-refractivity contribution in [2.75, 3.05) is 7.11 Å². The number of nitriles is 1. The molecule has 2 rings (SSSR count). The van der Waals surface area contributed by atoms with Gasteiger partial charge in [-0.1, -0.05) is 24.3 Å². The van der Waals surface area contributed by atoms with Gasteiger partial charge in [-0.15, -0.1) is 0 Å². The SMILES string of the molecule is COc1ccc(CNC(=O)C(C#N)=Cc2ccc(O)cc2)cc1. The van der Waals surface area contributed by atoms with E-state index in [1.807, 2.05) is 18.2 Å². The third kappa shape index (κ3) is 4.61. The standard InChI is InChI=1S/C18H16N2O3/c1-23-17-8-4-14(5-9-17)12-20-18(22)15(11-19)10-13-2-6-16(21)7-3-13/h2-10,21H,12H2,1H3,(H,20,22). The van der Waals surface area contributed by atoms with Crippen molar-refractivity contribution in [2.45, 2.75) is 6.54 Å². The number of phenols is 1. The Balaban J connectivity index is 2.02. The normalized spacial score (nSPS) is 10.7. The number of nitrogens with one attached hydrogen (secondary N) is 1. The smallest absolute Gasteiger partial charge is 0.262 e. The summed E-state index contributed by atoms with van der Waals surface area (Å²) in [5, 5.41) is 21.1. The second-order valence-electron chi connectivity index (χ2n) is 4.79. The molecule has 0 aromatic heterocycles. The van der Waals surface area contributed by atoms with Gasteiger partial charge < -0.3 is 15.2 Å². The third-order valence-electron chi connectivity index (χ3n) is 3.18. The number of methoxy groups -OCH3 is 1. The summed E-state index contributed by atoms with van der Waals surface area (Å²) < 4.78 is 5.07. The molecule has 0 aliphatic rings. The van der Waals surface area contributed by atoms with E-state index in [-0.39, 0.29) is 11.3 Å². The van der Waals surface area contributed by atoms with Crippen molar-refractivity contribution in [1.29, 1.82) is 5.26 Å². The first kappa shape index (κ1) is 16.1. The summed E-state index contributed by atoms with van der Waals surface area (Å²) in [6.45, 7) is 0.317.